The van der Waals surface area contributed by atoms with Crippen molar-refractivity contribution in [2.75, 3.05) is 42.2 Å². The van der Waals surface area contributed by atoms with E-state index in [1.807, 2.05) is 0 Å². The third kappa shape index (κ3) is 6.38. The minimum absolute atomic E-state index is 0.0485. The van der Waals surface area contributed by atoms with Crippen molar-refractivity contribution in [3.05, 3.63) is 23.2 Å². The normalized spacial score (nSPS) is 18.6. The maximum Gasteiger partial charge on any atom is 0.233 e. The molecular formula is C24H36ClN7O. The molecule has 9 heteroatoms. The van der Waals surface area contributed by atoms with E-state index < -0.39 is 0 Å². The molecule has 1 aliphatic carbocycles. The number of phenolic OH excluding ortho intramolecular Hbond substituents is 1. The van der Waals surface area contributed by atoms with Crippen LogP contribution in [0.5, 0.6) is 5.75 Å². The Labute approximate surface area is 201 Å². The Kier molecular flexibility index (Phi) is 8.09. The Balaban J connectivity index is 1.57. The molecular weight excluding hydrogens is 438 g/mol. The summed E-state index contributed by atoms with van der Waals surface area (Å²) in [4.78, 5) is 18.9. The van der Waals surface area contributed by atoms with Crippen molar-refractivity contribution in [2.45, 2.75) is 70.4 Å². The van der Waals surface area contributed by atoms with Crippen LogP contribution in [0.2, 0.25) is 5.02 Å². The topological polar surface area (TPSA) is 89.4 Å². The Morgan fingerprint density at radius 2 is 1.73 bits per heavy atom. The van der Waals surface area contributed by atoms with E-state index in [2.05, 4.69) is 39.4 Å². The SMILES string of the molecule is CCN1CCC(N(C)c2nc(Nc3ccc(O)c(Cl)c3)nc(NC3CCCCCC3)n2)CC1. The molecule has 2 fully saturated rings. The van der Waals surface area contributed by atoms with Crippen molar-refractivity contribution in [3.8, 4) is 5.75 Å². The molecule has 2 aliphatic rings. The van der Waals surface area contributed by atoms with Gasteiger partial charge in [0.2, 0.25) is 17.8 Å². The molecule has 3 N–H and O–H groups in total. The fourth-order valence-corrected chi connectivity index (χ4v) is 4.93. The molecule has 1 aliphatic heterocycles. The highest BCUT2D eigenvalue weighted by Gasteiger charge is 2.25. The van der Waals surface area contributed by atoms with Gasteiger partial charge in [0.05, 0.1) is 5.02 Å². The number of nitrogens with one attached hydrogen (secondary N) is 2. The minimum Gasteiger partial charge on any atom is -0.506 e. The molecule has 1 aromatic carbocycles. The van der Waals surface area contributed by atoms with Gasteiger partial charge in [-0.15, -0.1) is 0 Å². The quantitative estimate of drug-likeness (QED) is 0.381. The van der Waals surface area contributed by atoms with E-state index >= 15 is 0 Å². The van der Waals surface area contributed by atoms with Gasteiger partial charge in [0.15, 0.2) is 0 Å². The number of aromatic hydroxyl groups is 1. The number of nitrogens with zero attached hydrogens (tertiary/aromatic N) is 5. The molecule has 180 valence electrons. The zero-order valence-electron chi connectivity index (χ0n) is 19.7. The van der Waals surface area contributed by atoms with Crippen molar-refractivity contribution < 1.29 is 5.11 Å². The molecule has 1 saturated heterocycles. The summed E-state index contributed by atoms with van der Waals surface area (Å²) in [6.07, 6.45) is 9.55. The van der Waals surface area contributed by atoms with E-state index in [-0.39, 0.29) is 10.8 Å². The van der Waals surface area contributed by atoms with Gasteiger partial charge in [0.25, 0.3) is 0 Å². The van der Waals surface area contributed by atoms with Gasteiger partial charge in [-0.1, -0.05) is 44.2 Å². The van der Waals surface area contributed by atoms with Crippen molar-refractivity contribution >= 4 is 35.1 Å². The summed E-state index contributed by atoms with van der Waals surface area (Å²) in [6.45, 7) is 5.51. The third-order valence-electron chi connectivity index (χ3n) is 6.88. The molecule has 0 bridgehead atoms. The number of halogens is 1. The second-order valence-corrected chi connectivity index (χ2v) is 9.59. The highest BCUT2D eigenvalue weighted by atomic mass is 35.5. The Hall–Kier alpha value is -2.32. The van der Waals surface area contributed by atoms with Crippen molar-refractivity contribution in [1.82, 2.24) is 19.9 Å². The zero-order chi connectivity index (χ0) is 23.2. The van der Waals surface area contributed by atoms with Gasteiger partial charge >= 0.3 is 0 Å². The van der Waals surface area contributed by atoms with Crippen molar-refractivity contribution in [3.63, 3.8) is 0 Å². The smallest absolute Gasteiger partial charge is 0.233 e. The van der Waals surface area contributed by atoms with Crippen LogP contribution in [0.25, 0.3) is 0 Å². The minimum atomic E-state index is 0.0485. The lowest BCUT2D eigenvalue weighted by Crippen LogP contribution is -2.44. The summed E-state index contributed by atoms with van der Waals surface area (Å²) in [5.74, 6) is 1.80. The number of likely N-dealkylation sites (tertiary alicyclic amines) is 1. The number of phenols is 1. The first-order chi connectivity index (χ1) is 16.0. The number of hydrogen-bond donors (Lipinski definition) is 3. The van der Waals surface area contributed by atoms with Gasteiger partial charge in [0.1, 0.15) is 5.75 Å². The summed E-state index contributed by atoms with van der Waals surface area (Å²) >= 11 is 6.09. The molecule has 33 heavy (non-hydrogen) atoms. The van der Waals surface area contributed by atoms with Crippen LogP contribution in [0.15, 0.2) is 18.2 Å². The lowest BCUT2D eigenvalue weighted by molar-refractivity contribution is 0.220. The van der Waals surface area contributed by atoms with Gasteiger partial charge in [-0.2, -0.15) is 15.0 Å². The summed E-state index contributed by atoms with van der Waals surface area (Å²) in [6, 6.07) is 5.77. The molecule has 0 amide bonds. The summed E-state index contributed by atoms with van der Waals surface area (Å²) < 4.78 is 0. The van der Waals surface area contributed by atoms with Gasteiger partial charge in [-0.3, -0.25) is 0 Å². The Bertz CT molecular complexity index is 912. The highest BCUT2D eigenvalue weighted by Crippen LogP contribution is 2.29. The fraction of sp³-hybridized carbons (Fsp3) is 0.625. The van der Waals surface area contributed by atoms with Crippen LogP contribution in [-0.4, -0.2) is 63.7 Å². The maximum absolute atomic E-state index is 9.74. The van der Waals surface area contributed by atoms with E-state index in [0.717, 1.165) is 45.3 Å². The van der Waals surface area contributed by atoms with E-state index in [1.165, 1.54) is 25.7 Å². The van der Waals surface area contributed by atoms with Gasteiger partial charge in [-0.05, 0) is 50.4 Å². The first-order valence-electron chi connectivity index (χ1n) is 12.2. The maximum atomic E-state index is 9.74. The van der Waals surface area contributed by atoms with Crippen LogP contribution in [-0.2, 0) is 0 Å². The van der Waals surface area contributed by atoms with E-state index in [4.69, 9.17) is 21.6 Å². The average molecular weight is 474 g/mol. The highest BCUT2D eigenvalue weighted by molar-refractivity contribution is 6.32. The van der Waals surface area contributed by atoms with Crippen molar-refractivity contribution in [1.29, 1.82) is 0 Å². The average Bonchev–Trinajstić information content (AvgIpc) is 3.09. The van der Waals surface area contributed by atoms with Crippen LogP contribution >= 0.6 is 11.6 Å². The Morgan fingerprint density at radius 1 is 1.03 bits per heavy atom. The number of rotatable bonds is 7. The number of aromatic nitrogens is 3. The molecule has 0 atom stereocenters. The lowest BCUT2D eigenvalue weighted by atomic mass is 10.0. The molecule has 8 nitrogen and oxygen atoms in total. The van der Waals surface area contributed by atoms with Crippen LogP contribution in [0.4, 0.5) is 23.5 Å². The molecule has 1 aromatic heterocycles. The second kappa shape index (κ2) is 11.2. The van der Waals surface area contributed by atoms with Gasteiger partial charge in [-0.25, -0.2) is 0 Å². The molecule has 0 unspecified atom stereocenters. The lowest BCUT2D eigenvalue weighted by Gasteiger charge is -2.36. The van der Waals surface area contributed by atoms with Crippen LogP contribution < -0.4 is 15.5 Å². The van der Waals surface area contributed by atoms with Crippen LogP contribution in [0, 0.1) is 0 Å². The fourth-order valence-electron chi connectivity index (χ4n) is 4.75. The largest absolute Gasteiger partial charge is 0.506 e. The second-order valence-electron chi connectivity index (χ2n) is 9.18. The number of hydrogen-bond acceptors (Lipinski definition) is 8. The predicted molar refractivity (Wildman–Crippen MR) is 135 cm³/mol. The van der Waals surface area contributed by atoms with E-state index in [1.54, 1.807) is 18.2 Å². The number of piperidine rings is 1. The molecule has 4 rings (SSSR count). The molecule has 2 heterocycles. The first-order valence-corrected chi connectivity index (χ1v) is 12.6. The zero-order valence-corrected chi connectivity index (χ0v) is 20.5. The van der Waals surface area contributed by atoms with Crippen LogP contribution in [0.3, 0.4) is 0 Å². The predicted octanol–water partition coefficient (Wildman–Crippen LogP) is 5.03. The monoisotopic (exact) mass is 473 g/mol. The number of anilines is 4. The summed E-state index contributed by atoms with van der Waals surface area (Å²) in [5.41, 5.74) is 0.717. The molecule has 1 saturated carbocycles. The van der Waals surface area contributed by atoms with E-state index in [0.29, 0.717) is 35.6 Å². The van der Waals surface area contributed by atoms with E-state index in [9.17, 15) is 5.11 Å². The molecule has 2 aromatic rings. The summed E-state index contributed by atoms with van der Waals surface area (Å²) in [5, 5.41) is 16.8. The van der Waals surface area contributed by atoms with Crippen LogP contribution in [0.1, 0.15) is 58.3 Å². The molecule has 0 spiro atoms. The Morgan fingerprint density at radius 3 is 2.39 bits per heavy atom. The summed E-state index contributed by atoms with van der Waals surface area (Å²) in [7, 11) is 2.08. The molecule has 0 radical (unpaired) electrons. The van der Waals surface area contributed by atoms with Crippen molar-refractivity contribution in [2.24, 2.45) is 0 Å². The van der Waals surface area contributed by atoms with Gasteiger partial charge < -0.3 is 25.5 Å². The first kappa shape index (κ1) is 23.8. The third-order valence-corrected chi connectivity index (χ3v) is 7.19. The standard InChI is InChI=1S/C24H36ClN7O/c1-3-32-14-12-19(13-15-32)31(2)24-29-22(26-17-8-6-4-5-7-9-17)28-23(30-24)27-18-10-11-21(33)20(25)16-18/h10-11,16-17,19,33H,3-9,12-15H2,1-2H3,(H2,26,27,28,29,30). The number of benzene rings is 1. The van der Waals surface area contributed by atoms with Gasteiger partial charge in [0, 0.05) is 37.9 Å².